The van der Waals surface area contributed by atoms with Gasteiger partial charge in [-0.3, -0.25) is 0 Å². The van der Waals surface area contributed by atoms with E-state index in [0.29, 0.717) is 5.69 Å². The lowest BCUT2D eigenvalue weighted by Crippen LogP contribution is -2.01. The van der Waals surface area contributed by atoms with E-state index in [1.54, 1.807) is 6.07 Å². The molecule has 3 N–H and O–H groups in total. The van der Waals surface area contributed by atoms with Crippen LogP contribution in [0.1, 0.15) is 5.56 Å². The summed E-state index contributed by atoms with van der Waals surface area (Å²) < 4.78 is 27.6. The first-order valence-electron chi connectivity index (χ1n) is 5.25. The van der Waals surface area contributed by atoms with Gasteiger partial charge in [-0.05, 0) is 42.8 Å². The zero-order chi connectivity index (χ0) is 13.3. The Morgan fingerprint density at radius 2 is 1.89 bits per heavy atom. The molecule has 0 fully saturated rings. The highest BCUT2D eigenvalue weighted by Gasteiger charge is 2.12. The predicted octanol–water partition coefficient (Wildman–Crippen LogP) is 4.36. The lowest BCUT2D eigenvalue weighted by Gasteiger charge is -2.12. The van der Waals surface area contributed by atoms with E-state index in [9.17, 15) is 8.78 Å². The molecule has 0 spiro atoms. The molecule has 0 amide bonds. The Balaban J connectivity index is 2.42. The van der Waals surface area contributed by atoms with Crippen LogP contribution in [-0.2, 0) is 0 Å². The summed E-state index contributed by atoms with van der Waals surface area (Å²) in [6, 6.07) is 7.81. The van der Waals surface area contributed by atoms with Gasteiger partial charge in [-0.25, -0.2) is 8.78 Å². The van der Waals surface area contributed by atoms with Gasteiger partial charge in [-0.1, -0.05) is 15.9 Å². The summed E-state index contributed by atoms with van der Waals surface area (Å²) in [5.74, 6) is -1.91. The average molecular weight is 313 g/mol. The fourth-order valence-electron chi connectivity index (χ4n) is 1.65. The molecular formula is C13H11BrF2N2. The number of benzene rings is 2. The second-order valence-electron chi connectivity index (χ2n) is 3.97. The van der Waals surface area contributed by atoms with Crippen molar-refractivity contribution in [2.75, 3.05) is 11.1 Å². The number of nitrogens with one attached hydrogen (secondary N) is 1. The topological polar surface area (TPSA) is 38.0 Å². The molecule has 0 radical (unpaired) electrons. The van der Waals surface area contributed by atoms with E-state index in [2.05, 4.69) is 21.2 Å². The van der Waals surface area contributed by atoms with E-state index < -0.39 is 11.6 Å². The van der Waals surface area contributed by atoms with Crippen molar-refractivity contribution >= 4 is 33.0 Å². The Hall–Kier alpha value is -1.62. The Labute approximate surface area is 112 Å². The van der Waals surface area contributed by atoms with Crippen LogP contribution in [0.3, 0.4) is 0 Å². The molecule has 0 aromatic heterocycles. The minimum atomic E-state index is -0.979. The molecule has 2 rings (SSSR count). The molecule has 0 atom stereocenters. The van der Waals surface area contributed by atoms with Gasteiger partial charge >= 0.3 is 0 Å². The molecule has 0 aliphatic heterocycles. The summed E-state index contributed by atoms with van der Waals surface area (Å²) in [6.45, 7) is 1.90. The van der Waals surface area contributed by atoms with E-state index in [1.807, 2.05) is 19.1 Å². The molecule has 5 heteroatoms. The van der Waals surface area contributed by atoms with Gasteiger partial charge in [0.2, 0.25) is 0 Å². The molecule has 0 bridgehead atoms. The Morgan fingerprint density at radius 1 is 1.17 bits per heavy atom. The standard InChI is InChI=1S/C13H11BrF2N2/c1-7-4-8(14)6-9(5-7)18-13-11(17)3-2-10(15)12(13)16/h2-6,18H,17H2,1H3. The van der Waals surface area contributed by atoms with Crippen LogP contribution in [0.4, 0.5) is 25.8 Å². The number of anilines is 3. The van der Waals surface area contributed by atoms with Crippen LogP contribution in [0, 0.1) is 18.6 Å². The van der Waals surface area contributed by atoms with Gasteiger partial charge in [0, 0.05) is 10.2 Å². The van der Waals surface area contributed by atoms with E-state index in [0.717, 1.165) is 16.1 Å². The fourth-order valence-corrected chi connectivity index (χ4v) is 2.25. The van der Waals surface area contributed by atoms with Gasteiger partial charge in [-0.15, -0.1) is 0 Å². The molecule has 94 valence electrons. The molecule has 2 aromatic rings. The summed E-state index contributed by atoms with van der Waals surface area (Å²) in [6.07, 6.45) is 0. The maximum absolute atomic E-state index is 13.6. The molecular weight excluding hydrogens is 302 g/mol. The van der Waals surface area contributed by atoms with Crippen LogP contribution in [0.5, 0.6) is 0 Å². The third-order valence-corrected chi connectivity index (χ3v) is 2.90. The molecule has 0 saturated heterocycles. The quantitative estimate of drug-likeness (QED) is 0.808. The highest BCUT2D eigenvalue weighted by Crippen LogP contribution is 2.29. The van der Waals surface area contributed by atoms with Crippen molar-refractivity contribution in [3.63, 3.8) is 0 Å². The smallest absolute Gasteiger partial charge is 0.184 e. The zero-order valence-electron chi connectivity index (χ0n) is 9.60. The summed E-state index contributed by atoms with van der Waals surface area (Å²) in [7, 11) is 0. The van der Waals surface area contributed by atoms with Crippen molar-refractivity contribution in [1.82, 2.24) is 0 Å². The van der Waals surface area contributed by atoms with Gasteiger partial charge in [-0.2, -0.15) is 0 Å². The van der Waals surface area contributed by atoms with Gasteiger partial charge in [0.25, 0.3) is 0 Å². The highest BCUT2D eigenvalue weighted by atomic mass is 79.9. The maximum Gasteiger partial charge on any atom is 0.184 e. The van der Waals surface area contributed by atoms with Crippen molar-refractivity contribution in [1.29, 1.82) is 0 Å². The first kappa shape index (κ1) is 12.8. The minimum Gasteiger partial charge on any atom is -0.397 e. The molecule has 2 nitrogen and oxygen atoms in total. The second kappa shape index (κ2) is 4.94. The predicted molar refractivity (Wildman–Crippen MR) is 72.9 cm³/mol. The van der Waals surface area contributed by atoms with Crippen LogP contribution >= 0.6 is 15.9 Å². The number of halogens is 3. The number of rotatable bonds is 2. The van der Waals surface area contributed by atoms with Crippen molar-refractivity contribution < 1.29 is 8.78 Å². The normalized spacial score (nSPS) is 10.4. The Morgan fingerprint density at radius 3 is 2.56 bits per heavy atom. The molecule has 0 saturated carbocycles. The van der Waals surface area contributed by atoms with Gasteiger partial charge in [0.15, 0.2) is 11.6 Å². The van der Waals surface area contributed by atoms with E-state index in [4.69, 9.17) is 5.73 Å². The first-order chi connectivity index (χ1) is 8.47. The van der Waals surface area contributed by atoms with Gasteiger partial charge in [0.1, 0.15) is 5.69 Å². The molecule has 0 aliphatic rings. The number of nitrogen functional groups attached to an aromatic ring is 1. The van der Waals surface area contributed by atoms with Crippen LogP contribution in [0.2, 0.25) is 0 Å². The molecule has 18 heavy (non-hydrogen) atoms. The Bertz CT molecular complexity index is 580. The minimum absolute atomic E-state index is 0.0486. The maximum atomic E-state index is 13.6. The SMILES string of the molecule is Cc1cc(Br)cc(Nc2c(N)ccc(F)c2F)c1. The summed E-state index contributed by atoms with van der Waals surface area (Å²) in [5.41, 5.74) is 7.37. The van der Waals surface area contributed by atoms with Crippen LogP contribution in [0.15, 0.2) is 34.8 Å². The second-order valence-corrected chi connectivity index (χ2v) is 4.88. The highest BCUT2D eigenvalue weighted by molar-refractivity contribution is 9.10. The van der Waals surface area contributed by atoms with Crippen LogP contribution < -0.4 is 11.1 Å². The third kappa shape index (κ3) is 2.61. The third-order valence-electron chi connectivity index (χ3n) is 2.44. The number of hydrogen-bond acceptors (Lipinski definition) is 2. The zero-order valence-corrected chi connectivity index (χ0v) is 11.2. The van der Waals surface area contributed by atoms with Crippen molar-refractivity contribution in [3.05, 3.63) is 52.0 Å². The van der Waals surface area contributed by atoms with Gasteiger partial charge in [0.05, 0.1) is 5.69 Å². The summed E-state index contributed by atoms with van der Waals surface area (Å²) >= 11 is 3.34. The summed E-state index contributed by atoms with van der Waals surface area (Å²) in [5, 5.41) is 2.79. The lowest BCUT2D eigenvalue weighted by atomic mass is 10.2. The first-order valence-corrected chi connectivity index (χ1v) is 6.04. The Kier molecular flexibility index (Phi) is 3.52. The largest absolute Gasteiger partial charge is 0.397 e. The van der Waals surface area contributed by atoms with Crippen LogP contribution in [-0.4, -0.2) is 0 Å². The van der Waals surface area contributed by atoms with Crippen molar-refractivity contribution in [2.45, 2.75) is 6.92 Å². The van der Waals surface area contributed by atoms with Crippen molar-refractivity contribution in [2.24, 2.45) is 0 Å². The number of hydrogen-bond donors (Lipinski definition) is 2. The lowest BCUT2D eigenvalue weighted by molar-refractivity contribution is 0.512. The number of nitrogens with two attached hydrogens (primary N) is 1. The summed E-state index contributed by atoms with van der Waals surface area (Å²) in [4.78, 5) is 0. The number of aryl methyl sites for hydroxylation is 1. The van der Waals surface area contributed by atoms with Crippen LogP contribution in [0.25, 0.3) is 0 Å². The average Bonchev–Trinajstić information content (AvgIpc) is 2.28. The molecule has 0 heterocycles. The molecule has 0 aliphatic carbocycles. The van der Waals surface area contributed by atoms with E-state index >= 15 is 0 Å². The monoisotopic (exact) mass is 312 g/mol. The van der Waals surface area contributed by atoms with Crippen molar-refractivity contribution in [3.8, 4) is 0 Å². The molecule has 2 aromatic carbocycles. The van der Waals surface area contributed by atoms with E-state index in [-0.39, 0.29) is 11.4 Å². The fraction of sp³-hybridized carbons (Fsp3) is 0.0769. The molecule has 0 unspecified atom stereocenters. The van der Waals surface area contributed by atoms with E-state index in [1.165, 1.54) is 6.07 Å². The van der Waals surface area contributed by atoms with Gasteiger partial charge < -0.3 is 11.1 Å².